The molecule has 4 heterocycles. The second kappa shape index (κ2) is 9.46. The van der Waals surface area contributed by atoms with Crippen LogP contribution < -0.4 is 15.8 Å². The molecule has 3 aliphatic heterocycles. The van der Waals surface area contributed by atoms with E-state index in [4.69, 9.17) is 4.74 Å². The zero-order valence-electron chi connectivity index (χ0n) is 20.6. The average Bonchev–Trinajstić information content (AvgIpc) is 3.47. The van der Waals surface area contributed by atoms with Crippen LogP contribution >= 0.6 is 11.8 Å². The lowest BCUT2D eigenvalue weighted by Crippen LogP contribution is -2.36. The molecule has 3 aromatic rings. The maximum atomic E-state index is 15.0. The minimum atomic E-state index is -0.586. The third-order valence-corrected chi connectivity index (χ3v) is 8.39. The minimum absolute atomic E-state index is 0.0806. The van der Waals surface area contributed by atoms with E-state index in [2.05, 4.69) is 5.32 Å². The Kier molecular flexibility index (Phi) is 6.10. The lowest BCUT2D eigenvalue weighted by Gasteiger charge is -2.29. The number of carbonyl (C=O) groups excluding carboxylic acids is 3. The predicted octanol–water partition coefficient (Wildman–Crippen LogP) is 3.89. The molecule has 3 aliphatic rings. The topological polar surface area (TPSA) is 101 Å². The normalized spacial score (nSPS) is 19.9. The Hall–Kier alpha value is -3.86. The molecule has 6 rings (SSSR count). The van der Waals surface area contributed by atoms with Crippen LogP contribution in [0.25, 0.3) is 10.9 Å². The lowest BCUT2D eigenvalue weighted by atomic mass is 10.0. The van der Waals surface area contributed by atoms with Crippen molar-refractivity contribution in [3.63, 3.8) is 0 Å². The largest absolute Gasteiger partial charge is 0.444 e. The van der Waals surface area contributed by atoms with Crippen LogP contribution in [0.5, 0.6) is 0 Å². The van der Waals surface area contributed by atoms with Crippen molar-refractivity contribution in [3.8, 4) is 0 Å². The molecule has 1 N–H and O–H groups in total. The van der Waals surface area contributed by atoms with Crippen molar-refractivity contribution in [2.75, 3.05) is 29.1 Å². The van der Waals surface area contributed by atoms with Gasteiger partial charge in [0.05, 0.1) is 36.1 Å². The summed E-state index contributed by atoms with van der Waals surface area (Å²) in [5.41, 5.74) is 1.99. The first-order valence-electron chi connectivity index (χ1n) is 12.4. The van der Waals surface area contributed by atoms with E-state index in [1.165, 1.54) is 40.3 Å². The molecule has 9 nitrogen and oxygen atoms in total. The van der Waals surface area contributed by atoms with Gasteiger partial charge < -0.3 is 19.5 Å². The average molecular weight is 537 g/mol. The number of nitrogens with one attached hydrogen (secondary N) is 1. The molecule has 196 valence electrons. The number of pyridine rings is 1. The van der Waals surface area contributed by atoms with Gasteiger partial charge in [-0.1, -0.05) is 0 Å². The molecule has 3 amide bonds. The van der Waals surface area contributed by atoms with Crippen LogP contribution in [0.4, 0.5) is 20.6 Å². The first-order chi connectivity index (χ1) is 18.3. The fraction of sp³-hybridized carbons (Fsp3) is 0.333. The van der Waals surface area contributed by atoms with Crippen LogP contribution in [-0.4, -0.2) is 52.3 Å². The van der Waals surface area contributed by atoms with E-state index < -0.39 is 18.0 Å². The Morgan fingerprint density at radius 1 is 1.16 bits per heavy atom. The molecule has 0 aliphatic carbocycles. The first-order valence-corrected chi connectivity index (χ1v) is 13.4. The molecule has 1 aromatic heterocycles. The van der Waals surface area contributed by atoms with E-state index in [0.717, 1.165) is 10.3 Å². The van der Waals surface area contributed by atoms with Gasteiger partial charge in [-0.25, -0.2) is 9.18 Å². The smallest absolute Gasteiger partial charge is 0.414 e. The van der Waals surface area contributed by atoms with Crippen LogP contribution in [0.3, 0.4) is 0 Å². The Labute approximate surface area is 221 Å². The molecule has 38 heavy (non-hydrogen) atoms. The van der Waals surface area contributed by atoms with Crippen molar-refractivity contribution in [3.05, 3.63) is 64.2 Å². The summed E-state index contributed by atoms with van der Waals surface area (Å²) in [5.74, 6) is -0.372. The summed E-state index contributed by atoms with van der Waals surface area (Å²) in [6, 6.07) is 11.0. The number of benzene rings is 2. The maximum absolute atomic E-state index is 15.0. The molecular formula is C27H25FN4O5S. The molecule has 0 bridgehead atoms. The van der Waals surface area contributed by atoms with E-state index in [1.54, 1.807) is 23.1 Å². The molecule has 1 unspecified atom stereocenters. The number of amides is 3. The zero-order chi connectivity index (χ0) is 26.6. The van der Waals surface area contributed by atoms with Crippen LogP contribution in [0.2, 0.25) is 0 Å². The number of aromatic nitrogens is 1. The number of hydrogen-bond acceptors (Lipinski definition) is 6. The van der Waals surface area contributed by atoms with Crippen molar-refractivity contribution >= 4 is 51.9 Å². The highest BCUT2D eigenvalue weighted by Gasteiger charge is 2.36. The summed E-state index contributed by atoms with van der Waals surface area (Å²) in [6.07, 6.45) is 0.199. The molecular weight excluding hydrogens is 511 g/mol. The number of anilines is 2. The van der Waals surface area contributed by atoms with E-state index in [-0.39, 0.29) is 30.0 Å². The third-order valence-electron chi connectivity index (χ3n) is 7.31. The third kappa shape index (κ3) is 4.20. The van der Waals surface area contributed by atoms with Crippen LogP contribution in [0.1, 0.15) is 31.4 Å². The highest BCUT2D eigenvalue weighted by Crippen LogP contribution is 2.38. The number of rotatable bonds is 6. The van der Waals surface area contributed by atoms with E-state index >= 15 is 0 Å². The molecule has 1 fully saturated rings. The number of nitrogens with zero attached hydrogens (tertiary/aromatic N) is 3. The second-order valence-corrected chi connectivity index (χ2v) is 10.7. The fourth-order valence-corrected chi connectivity index (χ4v) is 6.35. The summed E-state index contributed by atoms with van der Waals surface area (Å²) >= 11 is 1.45. The molecule has 1 saturated heterocycles. The van der Waals surface area contributed by atoms with Crippen molar-refractivity contribution < 1.29 is 23.5 Å². The molecule has 0 spiro atoms. The van der Waals surface area contributed by atoms with Crippen molar-refractivity contribution in [1.82, 2.24) is 9.47 Å². The van der Waals surface area contributed by atoms with Gasteiger partial charge in [0.2, 0.25) is 11.8 Å². The van der Waals surface area contributed by atoms with Gasteiger partial charge in [0.25, 0.3) is 5.56 Å². The zero-order valence-corrected chi connectivity index (χ0v) is 21.4. The Morgan fingerprint density at radius 3 is 2.79 bits per heavy atom. The van der Waals surface area contributed by atoms with E-state index in [0.29, 0.717) is 54.1 Å². The van der Waals surface area contributed by atoms with Gasteiger partial charge in [0.1, 0.15) is 11.9 Å². The monoisotopic (exact) mass is 536 g/mol. The number of fused-ring (bicyclic) bond motifs is 1. The fourth-order valence-electron chi connectivity index (χ4n) is 5.56. The molecule has 0 radical (unpaired) electrons. The highest BCUT2D eigenvalue weighted by atomic mass is 32.2. The Balaban J connectivity index is 1.13. The number of ether oxygens (including phenoxy) is 1. The van der Waals surface area contributed by atoms with Gasteiger partial charge in [-0.2, -0.15) is 0 Å². The number of carbonyl (C=O) groups is 3. The number of thioether (sulfide) groups is 1. The van der Waals surface area contributed by atoms with E-state index in [1.807, 2.05) is 12.1 Å². The summed E-state index contributed by atoms with van der Waals surface area (Å²) < 4.78 is 22.1. The second-order valence-electron chi connectivity index (χ2n) is 9.69. The summed E-state index contributed by atoms with van der Waals surface area (Å²) in [5, 5.41) is 3.59. The molecule has 11 heteroatoms. The van der Waals surface area contributed by atoms with Crippen molar-refractivity contribution in [2.45, 2.75) is 43.4 Å². The Bertz CT molecular complexity index is 1560. The van der Waals surface area contributed by atoms with Gasteiger partial charge in [-0.05, 0) is 54.6 Å². The van der Waals surface area contributed by atoms with Crippen LogP contribution in [0.15, 0.2) is 52.2 Å². The van der Waals surface area contributed by atoms with Gasteiger partial charge in [-0.3, -0.25) is 19.3 Å². The summed E-state index contributed by atoms with van der Waals surface area (Å²) in [6.45, 7) is 2.31. The Morgan fingerprint density at radius 2 is 1.97 bits per heavy atom. The predicted molar refractivity (Wildman–Crippen MR) is 141 cm³/mol. The van der Waals surface area contributed by atoms with Gasteiger partial charge >= 0.3 is 6.09 Å². The molecule has 0 saturated carbocycles. The minimum Gasteiger partial charge on any atom is -0.444 e. The molecule has 2 aromatic carbocycles. The van der Waals surface area contributed by atoms with Crippen molar-refractivity contribution in [2.24, 2.45) is 0 Å². The SMILES string of the molecule is CC(=O)N(CCC[C@@H]1CN(c2ccc3c(c2)NC(=O)CS3)C(=O)O1)C1Cn2c(=O)ccc3ccc(F)c1c32. The van der Waals surface area contributed by atoms with Gasteiger partial charge in [0.15, 0.2) is 0 Å². The van der Waals surface area contributed by atoms with Crippen LogP contribution in [0, 0.1) is 5.82 Å². The summed E-state index contributed by atoms with van der Waals surface area (Å²) in [4.78, 5) is 53.5. The van der Waals surface area contributed by atoms with Gasteiger partial charge in [-0.15, -0.1) is 11.8 Å². The quantitative estimate of drug-likeness (QED) is 0.513. The number of hydrogen-bond donors (Lipinski definition) is 1. The van der Waals surface area contributed by atoms with Gasteiger partial charge in [0, 0.05) is 35.7 Å². The summed E-state index contributed by atoms with van der Waals surface area (Å²) in [7, 11) is 0. The van der Waals surface area contributed by atoms with Crippen LogP contribution in [-0.2, 0) is 20.9 Å². The highest BCUT2D eigenvalue weighted by molar-refractivity contribution is 8.00. The van der Waals surface area contributed by atoms with Crippen molar-refractivity contribution in [1.29, 1.82) is 0 Å². The lowest BCUT2D eigenvalue weighted by molar-refractivity contribution is -0.131. The molecule has 2 atom stereocenters. The standard InChI is InChI=1S/C27H25FN4O5S/c1-15(33)30(21-13-32-24(35)9-5-16-4-7-19(28)25(21)26(16)32)10-2-3-18-12-31(27(36)37-18)17-6-8-22-20(11-17)29-23(34)14-38-22/h4-9,11,18,21H,2-3,10,12-14H2,1H3,(H,29,34)/t18-,21?/m1/s1. The van der Waals surface area contributed by atoms with E-state index in [9.17, 15) is 23.6 Å². The maximum Gasteiger partial charge on any atom is 0.414 e. The number of halogens is 1. The number of cyclic esters (lactones) is 1. The first kappa shape index (κ1) is 24.5.